The molecule has 0 aliphatic rings. The van der Waals surface area contributed by atoms with Crippen molar-refractivity contribution in [3.05, 3.63) is 65.2 Å². The maximum atomic E-state index is 13.4. The molecule has 28 heavy (non-hydrogen) atoms. The van der Waals surface area contributed by atoms with Crippen LogP contribution in [0.1, 0.15) is 11.1 Å². The molecule has 4 N–H and O–H groups in total. The fraction of sp³-hybridized carbons (Fsp3) is 0.350. The SMILES string of the molecule is CN(C)c1ccc(CNC[C@H](O)[C@H](Cc2cc(F)cc(F)c2)NC(=O)O)cc1. The van der Waals surface area contributed by atoms with Crippen LogP contribution in [0.25, 0.3) is 0 Å². The molecule has 2 aromatic rings. The van der Waals surface area contributed by atoms with Gasteiger partial charge in [0.1, 0.15) is 11.6 Å². The minimum absolute atomic E-state index is 0.0403. The molecule has 1 amide bonds. The van der Waals surface area contributed by atoms with Crippen LogP contribution in [0, 0.1) is 11.6 Å². The number of hydrogen-bond donors (Lipinski definition) is 4. The highest BCUT2D eigenvalue weighted by atomic mass is 19.1. The second kappa shape index (κ2) is 10.0. The zero-order valence-corrected chi connectivity index (χ0v) is 15.8. The Bertz CT molecular complexity index is 765. The van der Waals surface area contributed by atoms with E-state index in [4.69, 9.17) is 5.11 Å². The summed E-state index contributed by atoms with van der Waals surface area (Å²) in [5, 5.41) is 24.6. The van der Waals surface area contributed by atoms with Gasteiger partial charge in [-0.15, -0.1) is 0 Å². The Labute approximate surface area is 162 Å². The lowest BCUT2D eigenvalue weighted by atomic mass is 10.0. The van der Waals surface area contributed by atoms with Crippen LogP contribution in [0.3, 0.4) is 0 Å². The van der Waals surface area contributed by atoms with Crippen molar-refractivity contribution in [2.45, 2.75) is 25.1 Å². The quantitative estimate of drug-likeness (QED) is 0.526. The van der Waals surface area contributed by atoms with Crippen LogP contribution < -0.4 is 15.5 Å². The normalized spacial score (nSPS) is 13.0. The minimum Gasteiger partial charge on any atom is -0.465 e. The average molecular weight is 393 g/mol. The molecule has 2 atom stereocenters. The molecule has 0 spiro atoms. The van der Waals surface area contributed by atoms with Gasteiger partial charge in [0.2, 0.25) is 0 Å². The molecule has 0 fully saturated rings. The molecule has 0 saturated heterocycles. The van der Waals surface area contributed by atoms with E-state index in [2.05, 4.69) is 10.6 Å². The monoisotopic (exact) mass is 393 g/mol. The minimum atomic E-state index is -1.32. The standard InChI is InChI=1S/C20H25F2N3O3/c1-25(2)17-5-3-13(4-6-17)11-23-12-19(26)18(24-20(27)28)9-14-7-15(21)10-16(22)8-14/h3-8,10,18-19,23-24,26H,9,11-12H2,1-2H3,(H,27,28)/t18-,19-/m0/s1. The molecule has 152 valence electrons. The molecule has 2 aromatic carbocycles. The van der Waals surface area contributed by atoms with Crippen LogP contribution in [-0.2, 0) is 13.0 Å². The Morgan fingerprint density at radius 1 is 1.07 bits per heavy atom. The van der Waals surface area contributed by atoms with Crippen LogP contribution in [0.2, 0.25) is 0 Å². The van der Waals surface area contributed by atoms with Gasteiger partial charge in [0.15, 0.2) is 0 Å². The number of anilines is 1. The first-order chi connectivity index (χ1) is 13.2. The lowest BCUT2D eigenvalue weighted by molar-refractivity contribution is 0.117. The van der Waals surface area contributed by atoms with Gasteiger partial charge in [-0.3, -0.25) is 0 Å². The van der Waals surface area contributed by atoms with Crippen molar-refractivity contribution in [3.63, 3.8) is 0 Å². The molecule has 0 bridgehead atoms. The summed E-state index contributed by atoms with van der Waals surface area (Å²) in [5.74, 6) is -1.50. The number of carboxylic acid groups (broad SMARTS) is 1. The number of halogens is 2. The van der Waals surface area contributed by atoms with Gasteiger partial charge in [-0.05, 0) is 41.8 Å². The number of aliphatic hydroxyl groups is 1. The van der Waals surface area contributed by atoms with E-state index in [9.17, 15) is 18.7 Å². The molecule has 6 nitrogen and oxygen atoms in total. The highest BCUT2D eigenvalue weighted by Gasteiger charge is 2.22. The number of nitrogens with one attached hydrogen (secondary N) is 2. The third kappa shape index (κ3) is 6.79. The third-order valence-corrected chi connectivity index (χ3v) is 4.29. The topological polar surface area (TPSA) is 84.8 Å². The zero-order valence-electron chi connectivity index (χ0n) is 15.8. The lowest BCUT2D eigenvalue weighted by Gasteiger charge is -2.23. The van der Waals surface area contributed by atoms with E-state index >= 15 is 0 Å². The molecule has 0 heterocycles. The van der Waals surface area contributed by atoms with Gasteiger partial charge in [-0.2, -0.15) is 0 Å². The number of rotatable bonds is 9. The van der Waals surface area contributed by atoms with Gasteiger partial charge >= 0.3 is 6.09 Å². The largest absolute Gasteiger partial charge is 0.465 e. The van der Waals surface area contributed by atoms with Gasteiger partial charge < -0.3 is 25.7 Å². The lowest BCUT2D eigenvalue weighted by Crippen LogP contribution is -2.48. The summed E-state index contributed by atoms with van der Waals surface area (Å²) in [4.78, 5) is 13.0. The number of hydrogen-bond acceptors (Lipinski definition) is 4. The van der Waals surface area contributed by atoms with Crippen molar-refractivity contribution in [1.29, 1.82) is 0 Å². The van der Waals surface area contributed by atoms with Crippen LogP contribution in [0.5, 0.6) is 0 Å². The molecular weight excluding hydrogens is 368 g/mol. The van der Waals surface area contributed by atoms with Crippen molar-refractivity contribution in [2.75, 3.05) is 25.5 Å². The van der Waals surface area contributed by atoms with E-state index in [0.29, 0.717) is 6.54 Å². The molecule has 8 heteroatoms. The van der Waals surface area contributed by atoms with E-state index in [-0.39, 0.29) is 18.5 Å². The molecule has 0 aliphatic heterocycles. The van der Waals surface area contributed by atoms with Crippen molar-refractivity contribution in [2.24, 2.45) is 0 Å². The highest BCUT2D eigenvalue weighted by molar-refractivity contribution is 5.65. The first-order valence-electron chi connectivity index (χ1n) is 8.84. The first kappa shape index (κ1) is 21.6. The molecule has 0 unspecified atom stereocenters. The zero-order chi connectivity index (χ0) is 20.7. The van der Waals surface area contributed by atoms with Crippen molar-refractivity contribution >= 4 is 11.8 Å². The number of amides is 1. The summed E-state index contributed by atoms with van der Waals surface area (Å²) < 4.78 is 26.7. The van der Waals surface area contributed by atoms with E-state index in [1.807, 2.05) is 43.3 Å². The number of benzene rings is 2. The summed E-state index contributed by atoms with van der Waals surface area (Å²) in [6.45, 7) is 0.595. The Hall–Kier alpha value is -2.71. The van der Waals surface area contributed by atoms with Crippen LogP contribution in [-0.4, -0.2) is 49.1 Å². The Kier molecular flexibility index (Phi) is 7.71. The fourth-order valence-electron chi connectivity index (χ4n) is 2.84. The second-order valence-corrected chi connectivity index (χ2v) is 6.80. The van der Waals surface area contributed by atoms with Crippen molar-refractivity contribution in [3.8, 4) is 0 Å². The fourth-order valence-corrected chi connectivity index (χ4v) is 2.84. The molecule has 0 radical (unpaired) electrons. The third-order valence-electron chi connectivity index (χ3n) is 4.29. The predicted molar refractivity (Wildman–Crippen MR) is 103 cm³/mol. The van der Waals surface area contributed by atoms with Crippen LogP contribution >= 0.6 is 0 Å². The van der Waals surface area contributed by atoms with Crippen LogP contribution in [0.4, 0.5) is 19.3 Å². The molecule has 0 saturated carbocycles. The van der Waals surface area contributed by atoms with Crippen molar-refractivity contribution < 1.29 is 23.8 Å². The number of nitrogens with zero attached hydrogens (tertiary/aromatic N) is 1. The van der Waals surface area contributed by atoms with E-state index in [1.165, 1.54) is 0 Å². The number of aliphatic hydroxyl groups excluding tert-OH is 1. The smallest absolute Gasteiger partial charge is 0.404 e. The summed E-state index contributed by atoms with van der Waals surface area (Å²) in [6.07, 6.45) is -2.44. The summed E-state index contributed by atoms with van der Waals surface area (Å²) in [6, 6.07) is 9.92. The van der Waals surface area contributed by atoms with Crippen LogP contribution in [0.15, 0.2) is 42.5 Å². The van der Waals surface area contributed by atoms with Gasteiger partial charge in [0, 0.05) is 38.9 Å². The molecule has 0 aliphatic carbocycles. The van der Waals surface area contributed by atoms with E-state index in [1.54, 1.807) is 0 Å². The maximum absolute atomic E-state index is 13.4. The van der Waals surface area contributed by atoms with Gasteiger partial charge in [-0.1, -0.05) is 12.1 Å². The van der Waals surface area contributed by atoms with Gasteiger partial charge in [-0.25, -0.2) is 13.6 Å². The summed E-state index contributed by atoms with van der Waals surface area (Å²) in [5.41, 5.74) is 2.33. The molecule has 2 rings (SSSR count). The predicted octanol–water partition coefficient (Wildman–Crippen LogP) is 2.36. The average Bonchev–Trinajstić information content (AvgIpc) is 2.60. The Balaban J connectivity index is 1.94. The highest BCUT2D eigenvalue weighted by Crippen LogP contribution is 2.13. The summed E-state index contributed by atoms with van der Waals surface area (Å²) >= 11 is 0. The Morgan fingerprint density at radius 3 is 2.21 bits per heavy atom. The molecule has 0 aromatic heterocycles. The van der Waals surface area contributed by atoms with Crippen molar-refractivity contribution in [1.82, 2.24) is 10.6 Å². The Morgan fingerprint density at radius 2 is 1.68 bits per heavy atom. The second-order valence-electron chi connectivity index (χ2n) is 6.80. The van der Waals surface area contributed by atoms with E-state index < -0.39 is 29.9 Å². The van der Waals surface area contributed by atoms with Gasteiger partial charge in [0.05, 0.1) is 12.1 Å². The van der Waals surface area contributed by atoms with E-state index in [0.717, 1.165) is 29.4 Å². The molecular formula is C20H25F2N3O3. The maximum Gasteiger partial charge on any atom is 0.404 e. The van der Waals surface area contributed by atoms with Gasteiger partial charge in [0.25, 0.3) is 0 Å². The summed E-state index contributed by atoms with van der Waals surface area (Å²) in [7, 11) is 3.90. The number of carbonyl (C=O) groups is 1. The first-order valence-corrected chi connectivity index (χ1v) is 8.84.